The fraction of sp³-hybridized carbons (Fsp3) is 0.933. The number of nitrogens with two attached hydrogens (primary N) is 1. The van der Waals surface area contributed by atoms with Crippen LogP contribution in [0, 0.1) is 11.8 Å². The molecular formula is C15H30N2O. The monoisotopic (exact) mass is 254 g/mol. The second-order valence-corrected chi connectivity index (χ2v) is 6.45. The van der Waals surface area contributed by atoms with Crippen LogP contribution in [0.4, 0.5) is 0 Å². The Labute approximate surface area is 112 Å². The molecule has 1 saturated carbocycles. The van der Waals surface area contributed by atoms with Crippen molar-refractivity contribution in [1.29, 1.82) is 0 Å². The number of rotatable bonds is 5. The summed E-state index contributed by atoms with van der Waals surface area (Å²) in [5, 5.41) is 0. The van der Waals surface area contributed by atoms with Gasteiger partial charge in [-0.3, -0.25) is 4.79 Å². The molecule has 1 fully saturated rings. The smallest absolute Gasteiger partial charge is 0.223 e. The fourth-order valence-electron chi connectivity index (χ4n) is 2.83. The summed E-state index contributed by atoms with van der Waals surface area (Å²) in [5.74, 6) is 1.22. The molecular weight excluding hydrogens is 224 g/mol. The van der Waals surface area contributed by atoms with Crippen LogP contribution in [-0.4, -0.2) is 29.4 Å². The number of hydrogen-bond donors (Lipinski definition) is 1. The van der Waals surface area contributed by atoms with E-state index in [0.29, 0.717) is 30.2 Å². The second kappa shape index (κ2) is 7.13. The summed E-state index contributed by atoms with van der Waals surface area (Å²) in [4.78, 5) is 14.4. The third kappa shape index (κ3) is 4.60. The maximum atomic E-state index is 12.4. The molecule has 2 N–H and O–H groups in total. The van der Waals surface area contributed by atoms with Gasteiger partial charge in [0.05, 0.1) is 0 Å². The van der Waals surface area contributed by atoms with Crippen LogP contribution in [0.1, 0.15) is 59.8 Å². The molecule has 0 aromatic heterocycles. The molecule has 3 nitrogen and oxygen atoms in total. The van der Waals surface area contributed by atoms with Crippen LogP contribution in [0.3, 0.4) is 0 Å². The molecule has 0 bridgehead atoms. The van der Waals surface area contributed by atoms with Crippen molar-refractivity contribution in [2.24, 2.45) is 17.6 Å². The van der Waals surface area contributed by atoms with Gasteiger partial charge in [0, 0.05) is 25.0 Å². The molecule has 1 rings (SSSR count). The van der Waals surface area contributed by atoms with Crippen LogP contribution in [0.5, 0.6) is 0 Å². The van der Waals surface area contributed by atoms with E-state index in [-0.39, 0.29) is 6.04 Å². The van der Waals surface area contributed by atoms with E-state index in [1.807, 2.05) is 4.90 Å². The zero-order valence-electron chi connectivity index (χ0n) is 12.5. The highest BCUT2D eigenvalue weighted by molar-refractivity contribution is 5.76. The van der Waals surface area contributed by atoms with Gasteiger partial charge in [0.25, 0.3) is 0 Å². The summed E-state index contributed by atoms with van der Waals surface area (Å²) in [6.07, 6.45) is 5.32. The van der Waals surface area contributed by atoms with Gasteiger partial charge in [0.1, 0.15) is 0 Å². The number of carbonyl (C=O) groups is 1. The molecule has 0 spiro atoms. The zero-order valence-corrected chi connectivity index (χ0v) is 12.5. The number of amides is 1. The van der Waals surface area contributed by atoms with Crippen LogP contribution in [0.25, 0.3) is 0 Å². The van der Waals surface area contributed by atoms with Gasteiger partial charge >= 0.3 is 0 Å². The Kier molecular flexibility index (Phi) is 6.13. The molecule has 3 heteroatoms. The predicted molar refractivity (Wildman–Crippen MR) is 76.2 cm³/mol. The Hall–Kier alpha value is -0.570. The van der Waals surface area contributed by atoms with Gasteiger partial charge < -0.3 is 10.6 Å². The minimum absolute atomic E-state index is 0.232. The molecule has 1 aliphatic rings. The van der Waals surface area contributed by atoms with Crippen molar-refractivity contribution < 1.29 is 4.79 Å². The van der Waals surface area contributed by atoms with Crippen molar-refractivity contribution in [3.63, 3.8) is 0 Å². The highest BCUT2D eigenvalue weighted by atomic mass is 16.2. The van der Waals surface area contributed by atoms with Crippen molar-refractivity contribution in [2.45, 2.75) is 71.9 Å². The molecule has 18 heavy (non-hydrogen) atoms. The van der Waals surface area contributed by atoms with Crippen LogP contribution in [-0.2, 0) is 4.79 Å². The first-order valence-electron chi connectivity index (χ1n) is 7.46. The number of nitrogens with zero attached hydrogens (tertiary/aromatic N) is 1. The fourth-order valence-corrected chi connectivity index (χ4v) is 2.83. The Morgan fingerprint density at radius 3 is 2.33 bits per heavy atom. The lowest BCUT2D eigenvalue weighted by Crippen LogP contribution is -2.43. The van der Waals surface area contributed by atoms with Gasteiger partial charge in [-0.2, -0.15) is 0 Å². The Bertz CT molecular complexity index is 263. The Morgan fingerprint density at radius 1 is 1.22 bits per heavy atom. The van der Waals surface area contributed by atoms with Gasteiger partial charge in [-0.05, 0) is 38.5 Å². The van der Waals surface area contributed by atoms with Crippen molar-refractivity contribution in [3.05, 3.63) is 0 Å². The van der Waals surface area contributed by atoms with Gasteiger partial charge in [0.15, 0.2) is 0 Å². The SMILES string of the molecule is CC(C)CN(C(=O)CC1CCCCC1N)C(C)C. The molecule has 0 aliphatic heterocycles. The topological polar surface area (TPSA) is 46.3 Å². The number of hydrogen-bond acceptors (Lipinski definition) is 2. The van der Waals surface area contributed by atoms with Gasteiger partial charge in [0.2, 0.25) is 5.91 Å². The summed E-state index contributed by atoms with van der Waals surface area (Å²) in [6.45, 7) is 9.38. The van der Waals surface area contributed by atoms with Crippen LogP contribution >= 0.6 is 0 Å². The minimum Gasteiger partial charge on any atom is -0.340 e. The predicted octanol–water partition coefficient (Wildman–Crippen LogP) is 2.79. The van der Waals surface area contributed by atoms with Crippen LogP contribution in [0.15, 0.2) is 0 Å². The third-order valence-corrected chi connectivity index (χ3v) is 3.91. The van der Waals surface area contributed by atoms with Crippen molar-refractivity contribution >= 4 is 5.91 Å². The lowest BCUT2D eigenvalue weighted by atomic mass is 9.82. The molecule has 0 radical (unpaired) electrons. The maximum Gasteiger partial charge on any atom is 0.223 e. The van der Waals surface area contributed by atoms with Crippen molar-refractivity contribution in [1.82, 2.24) is 4.90 Å². The summed E-state index contributed by atoms with van der Waals surface area (Å²) in [6, 6.07) is 0.524. The molecule has 106 valence electrons. The van der Waals surface area contributed by atoms with Gasteiger partial charge in [-0.15, -0.1) is 0 Å². The molecule has 0 aromatic rings. The van der Waals surface area contributed by atoms with E-state index in [2.05, 4.69) is 27.7 Å². The molecule has 0 heterocycles. The largest absolute Gasteiger partial charge is 0.340 e. The number of carbonyl (C=O) groups excluding carboxylic acids is 1. The van der Waals surface area contributed by atoms with Gasteiger partial charge in [-0.1, -0.05) is 26.7 Å². The molecule has 2 unspecified atom stereocenters. The standard InChI is InChI=1S/C15H30N2O/c1-11(2)10-17(12(3)4)15(18)9-13-7-5-6-8-14(13)16/h11-14H,5-10,16H2,1-4H3. The average molecular weight is 254 g/mol. The second-order valence-electron chi connectivity index (χ2n) is 6.45. The molecule has 1 amide bonds. The van der Waals surface area contributed by atoms with Crippen LogP contribution < -0.4 is 5.73 Å². The molecule has 0 saturated heterocycles. The summed E-state index contributed by atoms with van der Waals surface area (Å²) in [7, 11) is 0. The summed E-state index contributed by atoms with van der Waals surface area (Å²) < 4.78 is 0. The maximum absolute atomic E-state index is 12.4. The van der Waals surface area contributed by atoms with E-state index >= 15 is 0 Å². The first-order chi connectivity index (χ1) is 8.41. The first-order valence-corrected chi connectivity index (χ1v) is 7.46. The Morgan fingerprint density at radius 2 is 1.83 bits per heavy atom. The third-order valence-electron chi connectivity index (χ3n) is 3.91. The normalized spacial score (nSPS) is 24.6. The first kappa shape index (κ1) is 15.5. The highest BCUT2D eigenvalue weighted by Crippen LogP contribution is 2.26. The van der Waals surface area contributed by atoms with E-state index in [1.165, 1.54) is 12.8 Å². The van der Waals surface area contributed by atoms with Crippen molar-refractivity contribution in [3.8, 4) is 0 Å². The summed E-state index contributed by atoms with van der Waals surface area (Å²) in [5.41, 5.74) is 6.13. The quantitative estimate of drug-likeness (QED) is 0.820. The highest BCUT2D eigenvalue weighted by Gasteiger charge is 2.27. The summed E-state index contributed by atoms with van der Waals surface area (Å²) >= 11 is 0. The molecule has 2 atom stereocenters. The van der Waals surface area contributed by atoms with E-state index in [9.17, 15) is 4.79 Å². The lowest BCUT2D eigenvalue weighted by Gasteiger charge is -2.33. The molecule has 0 aromatic carbocycles. The minimum atomic E-state index is 0.232. The van der Waals surface area contributed by atoms with Gasteiger partial charge in [-0.25, -0.2) is 0 Å². The van der Waals surface area contributed by atoms with E-state index in [1.54, 1.807) is 0 Å². The van der Waals surface area contributed by atoms with E-state index in [0.717, 1.165) is 19.4 Å². The zero-order chi connectivity index (χ0) is 13.7. The Balaban J connectivity index is 2.54. The lowest BCUT2D eigenvalue weighted by molar-refractivity contribution is -0.134. The van der Waals surface area contributed by atoms with Crippen LogP contribution in [0.2, 0.25) is 0 Å². The molecule has 1 aliphatic carbocycles. The van der Waals surface area contributed by atoms with Crippen molar-refractivity contribution in [2.75, 3.05) is 6.54 Å². The average Bonchev–Trinajstić information content (AvgIpc) is 2.28. The van der Waals surface area contributed by atoms with E-state index in [4.69, 9.17) is 5.73 Å². The van der Waals surface area contributed by atoms with E-state index < -0.39 is 0 Å².